The van der Waals surface area contributed by atoms with Crippen LogP contribution in [0.2, 0.25) is 0 Å². The monoisotopic (exact) mass is 443 g/mol. The van der Waals surface area contributed by atoms with E-state index in [0.29, 0.717) is 19.0 Å². The van der Waals surface area contributed by atoms with Crippen LogP contribution in [0.4, 0.5) is 10.2 Å². The minimum Gasteiger partial charge on any atom is -0.362 e. The van der Waals surface area contributed by atoms with Gasteiger partial charge in [0.05, 0.1) is 0 Å². The number of hydrogen-bond donors (Lipinski definition) is 2. The molecule has 0 saturated carbocycles. The standard InChI is InChI=1S/C17H22FN5.HI/c1-19-17(21-11-13-6-4-8-15(18)10-13)22-12-14-7-5-9-20-16(14)23(2)3;/h4-10H,11-12H2,1-3H3,(H2,19,21,22);1H. The number of aliphatic imine (C=N–C) groups is 1. The summed E-state index contributed by atoms with van der Waals surface area (Å²) in [7, 11) is 5.63. The molecule has 0 amide bonds. The van der Waals surface area contributed by atoms with Crippen molar-refractivity contribution in [2.45, 2.75) is 13.1 Å². The van der Waals surface area contributed by atoms with E-state index in [1.807, 2.05) is 37.2 Å². The van der Waals surface area contributed by atoms with Gasteiger partial charge in [-0.25, -0.2) is 9.37 Å². The molecule has 2 aromatic rings. The first-order chi connectivity index (χ1) is 11.1. The second kappa shape index (κ2) is 10.1. The van der Waals surface area contributed by atoms with Gasteiger partial charge in [-0.1, -0.05) is 18.2 Å². The lowest BCUT2D eigenvalue weighted by molar-refractivity contribution is 0.624. The van der Waals surface area contributed by atoms with Gasteiger partial charge in [0, 0.05) is 46.0 Å². The van der Waals surface area contributed by atoms with E-state index in [1.54, 1.807) is 19.3 Å². The quantitative estimate of drug-likeness (QED) is 0.424. The Hall–Kier alpha value is -1.90. The van der Waals surface area contributed by atoms with E-state index in [4.69, 9.17) is 0 Å². The number of pyridine rings is 1. The zero-order chi connectivity index (χ0) is 16.7. The van der Waals surface area contributed by atoms with Crippen molar-refractivity contribution in [2.75, 3.05) is 26.0 Å². The molecule has 1 aromatic carbocycles. The molecule has 2 rings (SSSR count). The Morgan fingerprint density at radius 2 is 1.92 bits per heavy atom. The molecule has 7 heteroatoms. The Kier molecular flexibility index (Phi) is 8.45. The molecule has 0 fully saturated rings. The van der Waals surface area contributed by atoms with Crippen LogP contribution in [0.5, 0.6) is 0 Å². The van der Waals surface area contributed by atoms with Gasteiger partial charge >= 0.3 is 0 Å². The number of aromatic nitrogens is 1. The van der Waals surface area contributed by atoms with Gasteiger partial charge in [-0.15, -0.1) is 24.0 Å². The number of nitrogens with zero attached hydrogens (tertiary/aromatic N) is 3. The molecule has 0 unspecified atom stereocenters. The molecule has 0 radical (unpaired) electrons. The van der Waals surface area contributed by atoms with E-state index in [-0.39, 0.29) is 29.8 Å². The third-order valence-corrected chi connectivity index (χ3v) is 3.31. The summed E-state index contributed by atoms with van der Waals surface area (Å²) in [6.45, 7) is 1.11. The van der Waals surface area contributed by atoms with Crippen LogP contribution in [-0.2, 0) is 13.1 Å². The molecule has 0 aliphatic carbocycles. The highest BCUT2D eigenvalue weighted by Crippen LogP contribution is 2.13. The average Bonchev–Trinajstić information content (AvgIpc) is 2.55. The van der Waals surface area contributed by atoms with Crippen LogP contribution in [-0.4, -0.2) is 32.1 Å². The average molecular weight is 443 g/mol. The summed E-state index contributed by atoms with van der Waals surface area (Å²) in [5.41, 5.74) is 1.94. The summed E-state index contributed by atoms with van der Waals surface area (Å²) in [6, 6.07) is 10.4. The highest BCUT2D eigenvalue weighted by Gasteiger charge is 2.06. The molecule has 0 bridgehead atoms. The third kappa shape index (κ3) is 5.95. The van der Waals surface area contributed by atoms with Crippen LogP contribution < -0.4 is 15.5 Å². The van der Waals surface area contributed by atoms with E-state index in [2.05, 4.69) is 20.6 Å². The second-order valence-corrected chi connectivity index (χ2v) is 5.29. The van der Waals surface area contributed by atoms with Crippen LogP contribution >= 0.6 is 24.0 Å². The number of guanidine groups is 1. The maximum absolute atomic E-state index is 13.2. The molecule has 0 aliphatic rings. The first-order valence-electron chi connectivity index (χ1n) is 7.40. The van der Waals surface area contributed by atoms with E-state index in [1.165, 1.54) is 12.1 Å². The number of anilines is 1. The van der Waals surface area contributed by atoms with Crippen molar-refractivity contribution in [3.05, 3.63) is 59.5 Å². The molecule has 24 heavy (non-hydrogen) atoms. The van der Waals surface area contributed by atoms with E-state index < -0.39 is 0 Å². The molecule has 1 heterocycles. The molecule has 0 spiro atoms. The molecule has 5 nitrogen and oxygen atoms in total. The Balaban J connectivity index is 0.00000288. The normalized spacial score (nSPS) is 10.8. The highest BCUT2D eigenvalue weighted by molar-refractivity contribution is 14.0. The number of hydrogen-bond acceptors (Lipinski definition) is 3. The summed E-state index contributed by atoms with van der Waals surface area (Å²) >= 11 is 0. The zero-order valence-electron chi connectivity index (χ0n) is 14.1. The van der Waals surface area contributed by atoms with Gasteiger partial charge in [-0.05, 0) is 23.8 Å². The predicted octanol–water partition coefficient (Wildman–Crippen LogP) is 2.77. The predicted molar refractivity (Wildman–Crippen MR) is 107 cm³/mol. The van der Waals surface area contributed by atoms with E-state index in [9.17, 15) is 4.39 Å². The second-order valence-electron chi connectivity index (χ2n) is 5.29. The zero-order valence-corrected chi connectivity index (χ0v) is 16.4. The SMILES string of the molecule is CN=C(NCc1cccc(F)c1)NCc1cccnc1N(C)C.I. The first kappa shape index (κ1) is 20.1. The Morgan fingerprint density at radius 3 is 2.58 bits per heavy atom. The molecule has 1 aromatic heterocycles. The minimum atomic E-state index is -0.238. The summed E-state index contributed by atoms with van der Waals surface area (Å²) in [5, 5.41) is 6.41. The van der Waals surface area contributed by atoms with Crippen molar-refractivity contribution < 1.29 is 4.39 Å². The van der Waals surface area contributed by atoms with Gasteiger partial charge in [-0.2, -0.15) is 0 Å². The van der Waals surface area contributed by atoms with Crippen LogP contribution in [0.25, 0.3) is 0 Å². The lowest BCUT2D eigenvalue weighted by Gasteiger charge is -2.17. The van der Waals surface area contributed by atoms with E-state index >= 15 is 0 Å². The number of nitrogens with one attached hydrogen (secondary N) is 2. The Morgan fingerprint density at radius 1 is 1.17 bits per heavy atom. The fraction of sp³-hybridized carbons (Fsp3) is 0.294. The fourth-order valence-electron chi connectivity index (χ4n) is 2.20. The molecular weight excluding hydrogens is 420 g/mol. The van der Waals surface area contributed by atoms with Crippen molar-refractivity contribution in [2.24, 2.45) is 4.99 Å². The molecule has 130 valence electrons. The van der Waals surface area contributed by atoms with Gasteiger partial charge < -0.3 is 15.5 Å². The van der Waals surface area contributed by atoms with E-state index in [0.717, 1.165) is 16.9 Å². The topological polar surface area (TPSA) is 52.6 Å². The maximum Gasteiger partial charge on any atom is 0.191 e. The Labute approximate surface area is 159 Å². The van der Waals surface area contributed by atoms with Crippen LogP contribution in [0.1, 0.15) is 11.1 Å². The number of benzene rings is 1. The fourth-order valence-corrected chi connectivity index (χ4v) is 2.20. The number of halogens is 2. The summed E-state index contributed by atoms with van der Waals surface area (Å²) in [5.74, 6) is 1.33. The van der Waals surface area contributed by atoms with Crippen molar-refractivity contribution in [3.63, 3.8) is 0 Å². The van der Waals surface area contributed by atoms with Gasteiger partial charge in [-0.3, -0.25) is 4.99 Å². The Bertz CT molecular complexity index is 676. The summed E-state index contributed by atoms with van der Waals surface area (Å²) in [4.78, 5) is 10.5. The molecule has 2 N–H and O–H groups in total. The van der Waals surface area contributed by atoms with Crippen molar-refractivity contribution >= 4 is 35.8 Å². The van der Waals surface area contributed by atoms with Crippen LogP contribution in [0.15, 0.2) is 47.6 Å². The van der Waals surface area contributed by atoms with Crippen molar-refractivity contribution in [3.8, 4) is 0 Å². The molecular formula is C17H23FIN5. The van der Waals surface area contributed by atoms with Gasteiger partial charge in [0.25, 0.3) is 0 Å². The molecule has 0 aliphatic heterocycles. The molecule has 0 atom stereocenters. The van der Waals surface area contributed by atoms with Crippen LogP contribution in [0.3, 0.4) is 0 Å². The lowest BCUT2D eigenvalue weighted by Crippen LogP contribution is -2.36. The van der Waals surface area contributed by atoms with Crippen molar-refractivity contribution in [1.29, 1.82) is 0 Å². The summed E-state index contributed by atoms with van der Waals surface area (Å²) < 4.78 is 13.2. The largest absolute Gasteiger partial charge is 0.362 e. The van der Waals surface area contributed by atoms with Crippen LogP contribution in [0, 0.1) is 5.82 Å². The van der Waals surface area contributed by atoms with Gasteiger partial charge in [0.2, 0.25) is 0 Å². The van der Waals surface area contributed by atoms with Gasteiger partial charge in [0.1, 0.15) is 11.6 Å². The maximum atomic E-state index is 13.2. The highest BCUT2D eigenvalue weighted by atomic mass is 127. The molecule has 0 saturated heterocycles. The summed E-state index contributed by atoms with van der Waals surface area (Å²) in [6.07, 6.45) is 1.77. The minimum absolute atomic E-state index is 0. The smallest absolute Gasteiger partial charge is 0.191 e. The third-order valence-electron chi connectivity index (χ3n) is 3.31. The van der Waals surface area contributed by atoms with Gasteiger partial charge in [0.15, 0.2) is 5.96 Å². The first-order valence-corrected chi connectivity index (χ1v) is 7.40. The lowest BCUT2D eigenvalue weighted by atomic mass is 10.2. The number of rotatable bonds is 5. The van der Waals surface area contributed by atoms with Crippen molar-refractivity contribution in [1.82, 2.24) is 15.6 Å².